The SMILES string of the molecule is CCc1c(F)ccc2cc(O)cc(N3Cc4nc(OCC5CCCCN5C)nc(N5CCCOCC5)c4C3=O)c12. The molecule has 0 radical (unpaired) electrons. The average Bonchev–Trinajstić information content (AvgIpc) is 3.10. The van der Waals surface area contributed by atoms with E-state index in [1.54, 1.807) is 17.0 Å². The average molecular weight is 550 g/mol. The second kappa shape index (κ2) is 11.2. The smallest absolute Gasteiger partial charge is 0.318 e. The molecule has 1 N–H and O–H groups in total. The highest BCUT2D eigenvalue weighted by atomic mass is 19.1. The number of hydrogen-bond acceptors (Lipinski definition) is 8. The number of carbonyl (C=O) groups excluding carboxylic acids is 1. The van der Waals surface area contributed by atoms with E-state index in [1.807, 2.05) is 6.92 Å². The molecule has 1 atom stereocenters. The van der Waals surface area contributed by atoms with Crippen LogP contribution in [0.1, 0.15) is 54.2 Å². The summed E-state index contributed by atoms with van der Waals surface area (Å²) in [6.45, 7) is 6.06. The number of rotatable bonds is 6. The quantitative estimate of drug-likeness (QED) is 0.487. The van der Waals surface area contributed by atoms with E-state index >= 15 is 0 Å². The molecular formula is C30H36FN5O4. The predicted molar refractivity (Wildman–Crippen MR) is 151 cm³/mol. The summed E-state index contributed by atoms with van der Waals surface area (Å²) in [5.74, 6) is -0.0515. The first kappa shape index (κ1) is 26.7. The van der Waals surface area contributed by atoms with Crippen LogP contribution in [0.2, 0.25) is 0 Å². The molecule has 2 saturated heterocycles. The van der Waals surface area contributed by atoms with Gasteiger partial charge in [0, 0.05) is 37.2 Å². The molecule has 2 aromatic carbocycles. The van der Waals surface area contributed by atoms with E-state index < -0.39 is 0 Å². The van der Waals surface area contributed by atoms with Gasteiger partial charge in [0.2, 0.25) is 0 Å². The van der Waals surface area contributed by atoms with E-state index in [4.69, 9.17) is 19.4 Å². The molecule has 10 heteroatoms. The second-order valence-electron chi connectivity index (χ2n) is 10.9. The van der Waals surface area contributed by atoms with Crippen molar-refractivity contribution in [1.82, 2.24) is 14.9 Å². The molecule has 0 saturated carbocycles. The zero-order chi connectivity index (χ0) is 27.8. The van der Waals surface area contributed by atoms with E-state index in [2.05, 4.69) is 16.8 Å². The number of anilines is 2. The fourth-order valence-corrected chi connectivity index (χ4v) is 6.17. The lowest BCUT2D eigenvalue weighted by molar-refractivity contribution is 0.0996. The van der Waals surface area contributed by atoms with Gasteiger partial charge in [0.05, 0.1) is 24.5 Å². The number of phenolic OH excluding ortho intramolecular Hbond substituents is 1. The highest BCUT2D eigenvalue weighted by Crippen LogP contribution is 2.41. The van der Waals surface area contributed by atoms with E-state index in [0.717, 1.165) is 19.4 Å². The van der Waals surface area contributed by atoms with Crippen LogP contribution in [0.25, 0.3) is 10.8 Å². The number of aromatic hydroxyl groups is 1. The third-order valence-electron chi connectivity index (χ3n) is 8.34. The normalized spacial score (nSPS) is 20.2. The molecule has 0 spiro atoms. The van der Waals surface area contributed by atoms with Crippen molar-refractivity contribution >= 4 is 28.2 Å². The Balaban J connectivity index is 1.41. The molecule has 212 valence electrons. The molecule has 3 aromatic rings. The van der Waals surface area contributed by atoms with Gasteiger partial charge in [-0.3, -0.25) is 4.79 Å². The van der Waals surface area contributed by atoms with Gasteiger partial charge < -0.3 is 29.3 Å². The molecule has 1 unspecified atom stereocenters. The number of nitrogens with zero attached hydrogens (tertiary/aromatic N) is 5. The van der Waals surface area contributed by atoms with E-state index in [-0.39, 0.29) is 30.0 Å². The first-order valence-electron chi connectivity index (χ1n) is 14.3. The molecule has 40 heavy (non-hydrogen) atoms. The summed E-state index contributed by atoms with van der Waals surface area (Å²) in [6.07, 6.45) is 4.68. The number of carbonyl (C=O) groups is 1. The van der Waals surface area contributed by atoms with Gasteiger partial charge in [-0.1, -0.05) is 19.4 Å². The Hall–Kier alpha value is -3.50. The molecule has 1 amide bonds. The first-order chi connectivity index (χ1) is 19.4. The summed E-state index contributed by atoms with van der Waals surface area (Å²) in [6, 6.07) is 6.73. The topological polar surface area (TPSA) is 91.3 Å². The van der Waals surface area contributed by atoms with Crippen LogP contribution in [-0.2, 0) is 17.7 Å². The van der Waals surface area contributed by atoms with E-state index in [9.17, 15) is 14.3 Å². The minimum absolute atomic E-state index is 0.0107. The molecule has 0 bridgehead atoms. The number of aryl methyl sites for hydroxylation is 1. The number of fused-ring (bicyclic) bond motifs is 2. The fraction of sp³-hybridized carbons (Fsp3) is 0.500. The van der Waals surface area contributed by atoms with Gasteiger partial charge in [0.25, 0.3) is 5.91 Å². The number of hydrogen-bond donors (Lipinski definition) is 1. The molecule has 9 nitrogen and oxygen atoms in total. The highest BCUT2D eigenvalue weighted by Gasteiger charge is 2.37. The van der Waals surface area contributed by atoms with E-state index in [0.29, 0.717) is 84.5 Å². The van der Waals surface area contributed by atoms with Crippen LogP contribution in [0.15, 0.2) is 24.3 Å². The summed E-state index contributed by atoms with van der Waals surface area (Å²) in [7, 11) is 2.11. The summed E-state index contributed by atoms with van der Waals surface area (Å²) in [4.78, 5) is 29.6. The van der Waals surface area contributed by atoms with Crippen molar-refractivity contribution in [3.63, 3.8) is 0 Å². The number of benzene rings is 2. The zero-order valence-electron chi connectivity index (χ0n) is 23.2. The van der Waals surface area contributed by atoms with Crippen molar-refractivity contribution in [1.29, 1.82) is 0 Å². The van der Waals surface area contributed by atoms with Crippen molar-refractivity contribution in [3.05, 3.63) is 46.9 Å². The second-order valence-corrected chi connectivity index (χ2v) is 10.9. The molecule has 3 aliphatic heterocycles. The van der Waals surface area contributed by atoms with Crippen molar-refractivity contribution in [2.24, 2.45) is 0 Å². The van der Waals surface area contributed by atoms with Crippen molar-refractivity contribution < 1.29 is 23.8 Å². The molecule has 3 aliphatic rings. The first-order valence-corrected chi connectivity index (χ1v) is 14.3. The number of amides is 1. The van der Waals surface area contributed by atoms with Gasteiger partial charge in [-0.25, -0.2) is 4.39 Å². The van der Waals surface area contributed by atoms with Gasteiger partial charge in [-0.2, -0.15) is 9.97 Å². The lowest BCUT2D eigenvalue weighted by atomic mass is 9.99. The number of ether oxygens (including phenoxy) is 2. The van der Waals surface area contributed by atoms with Gasteiger partial charge >= 0.3 is 6.01 Å². The number of likely N-dealkylation sites (N-methyl/N-ethyl adjacent to an activating group) is 1. The Bertz CT molecular complexity index is 1430. The molecule has 2 fully saturated rings. The van der Waals surface area contributed by atoms with Crippen LogP contribution in [0.5, 0.6) is 11.8 Å². The van der Waals surface area contributed by atoms with Crippen molar-refractivity contribution in [3.8, 4) is 11.8 Å². The number of halogens is 1. The van der Waals surface area contributed by atoms with Crippen LogP contribution in [-0.4, -0.2) is 78.4 Å². The summed E-state index contributed by atoms with van der Waals surface area (Å²) in [5.41, 5.74) is 1.96. The Kier molecular flexibility index (Phi) is 7.46. The Labute approximate surface area is 233 Å². The van der Waals surface area contributed by atoms with Gasteiger partial charge in [-0.05, 0) is 62.4 Å². The monoisotopic (exact) mass is 549 g/mol. The zero-order valence-corrected chi connectivity index (χ0v) is 23.2. The maximum Gasteiger partial charge on any atom is 0.318 e. The Morgan fingerprint density at radius 1 is 1.12 bits per heavy atom. The molecule has 0 aliphatic carbocycles. The largest absolute Gasteiger partial charge is 0.508 e. The van der Waals surface area contributed by atoms with Gasteiger partial charge in [-0.15, -0.1) is 0 Å². The standard InChI is InChI=1S/C30H36FN5O4/c1-3-22-23(31)9-8-19-15-21(37)16-25(26(19)22)36-17-24-27(29(36)38)28(35-11-6-13-39-14-12-35)33-30(32-24)40-18-20-7-4-5-10-34(20)2/h8-9,15-16,20,37H,3-7,10-14,17-18H2,1-2H3. The van der Waals surface area contributed by atoms with E-state index in [1.165, 1.54) is 25.0 Å². The van der Waals surface area contributed by atoms with Crippen molar-refractivity contribution in [2.75, 3.05) is 56.3 Å². The van der Waals surface area contributed by atoms with Crippen LogP contribution in [0, 0.1) is 5.82 Å². The highest BCUT2D eigenvalue weighted by molar-refractivity contribution is 6.16. The van der Waals surface area contributed by atoms with Crippen LogP contribution in [0.4, 0.5) is 15.9 Å². The van der Waals surface area contributed by atoms with Gasteiger partial charge in [0.15, 0.2) is 0 Å². The van der Waals surface area contributed by atoms with Gasteiger partial charge in [0.1, 0.15) is 29.6 Å². The molecule has 1 aromatic heterocycles. The third-order valence-corrected chi connectivity index (χ3v) is 8.34. The minimum Gasteiger partial charge on any atom is -0.508 e. The fourth-order valence-electron chi connectivity index (χ4n) is 6.17. The number of aromatic nitrogens is 2. The third kappa shape index (κ3) is 4.94. The van der Waals surface area contributed by atoms with Crippen LogP contribution >= 0.6 is 0 Å². The maximum atomic E-state index is 14.9. The number of likely N-dealkylation sites (tertiary alicyclic amines) is 1. The molecular weight excluding hydrogens is 513 g/mol. The number of piperidine rings is 1. The Morgan fingerprint density at radius 3 is 2.83 bits per heavy atom. The number of phenols is 1. The van der Waals surface area contributed by atoms with Crippen LogP contribution < -0.4 is 14.5 Å². The Morgan fingerprint density at radius 2 is 2.00 bits per heavy atom. The summed E-state index contributed by atoms with van der Waals surface area (Å²) < 4.78 is 26.7. The molecule has 6 rings (SSSR count). The molecule has 4 heterocycles. The lowest BCUT2D eigenvalue weighted by Crippen LogP contribution is -2.40. The maximum absolute atomic E-state index is 14.9. The van der Waals surface area contributed by atoms with Crippen LogP contribution in [0.3, 0.4) is 0 Å². The summed E-state index contributed by atoms with van der Waals surface area (Å²) >= 11 is 0. The summed E-state index contributed by atoms with van der Waals surface area (Å²) in [5, 5.41) is 11.8. The lowest BCUT2D eigenvalue weighted by Gasteiger charge is -2.32. The minimum atomic E-state index is -0.334. The predicted octanol–water partition coefficient (Wildman–Crippen LogP) is 4.29. The van der Waals surface area contributed by atoms with Crippen molar-refractivity contribution in [2.45, 2.75) is 51.6 Å².